The zero-order valence-electron chi connectivity index (χ0n) is 13.0. The van der Waals surface area contributed by atoms with Gasteiger partial charge in [-0.1, -0.05) is 18.0 Å². The first-order chi connectivity index (χ1) is 10.8. The van der Waals surface area contributed by atoms with E-state index in [0.29, 0.717) is 17.9 Å². The van der Waals surface area contributed by atoms with Crippen molar-refractivity contribution < 1.29 is 9.32 Å². The Bertz CT molecular complexity index is 534. The summed E-state index contributed by atoms with van der Waals surface area (Å²) in [6.07, 6.45) is 8.98. The van der Waals surface area contributed by atoms with E-state index in [1.807, 2.05) is 4.90 Å². The van der Waals surface area contributed by atoms with Crippen LogP contribution < -0.4 is 5.32 Å². The summed E-state index contributed by atoms with van der Waals surface area (Å²) in [5, 5.41) is 7.26. The van der Waals surface area contributed by atoms with Gasteiger partial charge in [0.05, 0.1) is 0 Å². The lowest BCUT2D eigenvalue weighted by Gasteiger charge is -2.20. The first-order valence-corrected chi connectivity index (χ1v) is 8.66. The van der Waals surface area contributed by atoms with Gasteiger partial charge in [0.25, 0.3) is 0 Å². The largest absolute Gasteiger partial charge is 0.339 e. The third-order valence-electron chi connectivity index (χ3n) is 5.14. The minimum absolute atomic E-state index is 0.112. The van der Waals surface area contributed by atoms with Crippen molar-refractivity contribution in [3.05, 3.63) is 11.7 Å². The highest BCUT2D eigenvalue weighted by Gasteiger charge is 2.32. The monoisotopic (exact) mass is 304 g/mol. The van der Waals surface area contributed by atoms with Crippen molar-refractivity contribution in [1.82, 2.24) is 20.4 Å². The first-order valence-electron chi connectivity index (χ1n) is 8.66. The molecule has 0 unspecified atom stereocenters. The summed E-state index contributed by atoms with van der Waals surface area (Å²) in [6.45, 7) is 1.66. The number of aromatic nitrogens is 2. The molecule has 120 valence electrons. The number of hydrogen-bond acceptors (Lipinski definition) is 4. The molecule has 1 N–H and O–H groups in total. The highest BCUT2D eigenvalue weighted by molar-refractivity contribution is 5.74. The number of carbonyl (C=O) groups excluding carboxylic acids is 1. The van der Waals surface area contributed by atoms with Gasteiger partial charge in [0.15, 0.2) is 5.82 Å². The summed E-state index contributed by atoms with van der Waals surface area (Å²) < 4.78 is 5.31. The zero-order chi connectivity index (χ0) is 14.9. The van der Waals surface area contributed by atoms with E-state index >= 15 is 0 Å². The Morgan fingerprint density at radius 3 is 2.82 bits per heavy atom. The van der Waals surface area contributed by atoms with Crippen molar-refractivity contribution in [3.8, 4) is 0 Å². The van der Waals surface area contributed by atoms with Gasteiger partial charge in [0.1, 0.15) is 0 Å². The van der Waals surface area contributed by atoms with Crippen molar-refractivity contribution in [3.63, 3.8) is 0 Å². The Balaban J connectivity index is 1.26. The Kier molecular flexibility index (Phi) is 3.76. The van der Waals surface area contributed by atoms with Crippen LogP contribution in [0.15, 0.2) is 4.52 Å². The van der Waals surface area contributed by atoms with Crippen LogP contribution in [0.25, 0.3) is 0 Å². The molecule has 1 saturated heterocycles. The Hall–Kier alpha value is -1.59. The molecule has 4 rings (SSSR count). The fraction of sp³-hybridized carbons (Fsp3) is 0.812. The van der Waals surface area contributed by atoms with E-state index < -0.39 is 0 Å². The van der Waals surface area contributed by atoms with Gasteiger partial charge in [-0.3, -0.25) is 0 Å². The van der Waals surface area contributed by atoms with E-state index in [9.17, 15) is 4.79 Å². The molecule has 6 nitrogen and oxygen atoms in total. The summed E-state index contributed by atoms with van der Waals surface area (Å²) in [7, 11) is 0. The van der Waals surface area contributed by atoms with E-state index in [4.69, 9.17) is 4.52 Å². The van der Waals surface area contributed by atoms with E-state index in [1.54, 1.807) is 0 Å². The van der Waals surface area contributed by atoms with Gasteiger partial charge in [-0.2, -0.15) is 4.98 Å². The van der Waals surface area contributed by atoms with Crippen LogP contribution in [0.2, 0.25) is 0 Å². The smallest absolute Gasteiger partial charge is 0.317 e. The molecule has 0 bridgehead atoms. The fourth-order valence-corrected chi connectivity index (χ4v) is 3.62. The second-order valence-electron chi connectivity index (χ2n) is 7.06. The zero-order valence-corrected chi connectivity index (χ0v) is 13.0. The molecular weight excluding hydrogens is 280 g/mol. The molecule has 2 aliphatic carbocycles. The minimum Gasteiger partial charge on any atom is -0.339 e. The quantitative estimate of drug-likeness (QED) is 0.927. The Morgan fingerprint density at radius 2 is 2.05 bits per heavy atom. The SMILES string of the molecule is O=C(NC1CCCC1)N1CC[C@H](Cc2noc(C3CC3)n2)C1. The molecule has 1 aromatic heterocycles. The summed E-state index contributed by atoms with van der Waals surface area (Å²) in [5.41, 5.74) is 0. The maximum atomic E-state index is 12.3. The molecule has 22 heavy (non-hydrogen) atoms. The van der Waals surface area contributed by atoms with Crippen LogP contribution in [0.3, 0.4) is 0 Å². The average Bonchev–Trinajstić information content (AvgIpc) is 2.96. The lowest BCUT2D eigenvalue weighted by Crippen LogP contribution is -2.42. The fourth-order valence-electron chi connectivity index (χ4n) is 3.62. The van der Waals surface area contributed by atoms with Crippen LogP contribution in [-0.2, 0) is 6.42 Å². The molecule has 2 amide bonds. The average molecular weight is 304 g/mol. The van der Waals surface area contributed by atoms with E-state index in [0.717, 1.165) is 50.5 Å². The van der Waals surface area contributed by atoms with Gasteiger partial charge >= 0.3 is 6.03 Å². The van der Waals surface area contributed by atoms with Crippen molar-refractivity contribution in [1.29, 1.82) is 0 Å². The summed E-state index contributed by atoms with van der Waals surface area (Å²) in [6, 6.07) is 0.506. The summed E-state index contributed by atoms with van der Waals surface area (Å²) in [4.78, 5) is 18.7. The van der Waals surface area contributed by atoms with E-state index in [2.05, 4.69) is 15.5 Å². The van der Waals surface area contributed by atoms with Crippen LogP contribution >= 0.6 is 0 Å². The predicted molar refractivity (Wildman–Crippen MR) is 80.4 cm³/mol. The third kappa shape index (κ3) is 3.10. The van der Waals surface area contributed by atoms with Crippen LogP contribution in [0.4, 0.5) is 4.79 Å². The third-order valence-corrected chi connectivity index (χ3v) is 5.14. The second-order valence-corrected chi connectivity index (χ2v) is 7.06. The van der Waals surface area contributed by atoms with Crippen molar-refractivity contribution >= 4 is 6.03 Å². The van der Waals surface area contributed by atoms with E-state index in [1.165, 1.54) is 25.7 Å². The molecule has 1 aromatic rings. The number of nitrogens with one attached hydrogen (secondary N) is 1. The van der Waals surface area contributed by atoms with Crippen LogP contribution in [-0.4, -0.2) is 40.2 Å². The molecule has 1 aliphatic heterocycles. The lowest BCUT2D eigenvalue weighted by molar-refractivity contribution is 0.203. The standard InChI is InChI=1S/C16H24N4O2/c21-16(17-13-3-1-2-4-13)20-8-7-11(10-20)9-14-18-15(22-19-14)12-5-6-12/h11-13H,1-10H2,(H,17,21)/t11-/m1/s1. The van der Waals surface area contributed by atoms with Gasteiger partial charge in [-0.25, -0.2) is 4.79 Å². The number of urea groups is 1. The molecule has 2 heterocycles. The van der Waals surface area contributed by atoms with E-state index in [-0.39, 0.29) is 6.03 Å². The van der Waals surface area contributed by atoms with Crippen molar-refractivity contribution in [2.75, 3.05) is 13.1 Å². The number of amides is 2. The van der Waals surface area contributed by atoms with Crippen LogP contribution in [0.1, 0.15) is 62.6 Å². The highest BCUT2D eigenvalue weighted by atomic mass is 16.5. The Morgan fingerprint density at radius 1 is 1.23 bits per heavy atom. The topological polar surface area (TPSA) is 71.3 Å². The van der Waals surface area contributed by atoms with Gasteiger partial charge in [-0.05, 0) is 38.0 Å². The summed E-state index contributed by atoms with van der Waals surface area (Å²) >= 11 is 0. The van der Waals surface area contributed by atoms with Gasteiger partial charge in [-0.15, -0.1) is 0 Å². The normalized spacial score (nSPS) is 25.8. The number of carbonyl (C=O) groups is 1. The second kappa shape index (κ2) is 5.89. The van der Waals surface area contributed by atoms with Crippen LogP contribution in [0, 0.1) is 5.92 Å². The van der Waals surface area contributed by atoms with Crippen molar-refractivity contribution in [2.45, 2.75) is 63.3 Å². The molecule has 0 spiro atoms. The molecule has 0 radical (unpaired) electrons. The number of nitrogens with zero attached hydrogens (tertiary/aromatic N) is 3. The number of rotatable bonds is 4. The molecule has 6 heteroatoms. The van der Waals surface area contributed by atoms with Crippen LogP contribution in [0.5, 0.6) is 0 Å². The number of hydrogen-bond donors (Lipinski definition) is 1. The van der Waals surface area contributed by atoms with Gasteiger partial charge < -0.3 is 14.7 Å². The highest BCUT2D eigenvalue weighted by Crippen LogP contribution is 2.39. The maximum absolute atomic E-state index is 12.3. The molecule has 0 aromatic carbocycles. The molecule has 1 atom stereocenters. The summed E-state index contributed by atoms with van der Waals surface area (Å²) in [5.74, 6) is 2.59. The van der Waals surface area contributed by atoms with Gasteiger partial charge in [0.2, 0.25) is 5.89 Å². The lowest BCUT2D eigenvalue weighted by atomic mass is 10.1. The predicted octanol–water partition coefficient (Wildman–Crippen LogP) is 2.46. The first kappa shape index (κ1) is 14.0. The molecular formula is C16H24N4O2. The molecule has 3 fully saturated rings. The molecule has 2 saturated carbocycles. The maximum Gasteiger partial charge on any atom is 0.317 e. The Labute approximate surface area is 130 Å². The van der Waals surface area contributed by atoms with Gasteiger partial charge in [0, 0.05) is 31.5 Å². The van der Waals surface area contributed by atoms with Crippen molar-refractivity contribution in [2.24, 2.45) is 5.92 Å². The molecule has 3 aliphatic rings. The minimum atomic E-state index is 0.112. The number of likely N-dealkylation sites (tertiary alicyclic amines) is 1.